The van der Waals surface area contributed by atoms with Crippen LogP contribution in [0, 0.1) is 0 Å². The monoisotopic (exact) mass is 234 g/mol. The summed E-state index contributed by atoms with van der Waals surface area (Å²) in [6.07, 6.45) is 1.68. The maximum atomic E-state index is 12.1. The molecule has 17 heavy (non-hydrogen) atoms. The number of fused-ring (bicyclic) bond motifs is 1. The van der Waals surface area contributed by atoms with Crippen LogP contribution in [0.5, 0.6) is 11.5 Å². The highest BCUT2D eigenvalue weighted by atomic mass is 16.7. The number of hydrazine groups is 1. The van der Waals surface area contributed by atoms with E-state index in [0.717, 1.165) is 29.2 Å². The Labute approximate surface area is 99.1 Å². The van der Waals surface area contributed by atoms with Gasteiger partial charge in [0.1, 0.15) is 0 Å². The highest BCUT2D eigenvalue weighted by Gasteiger charge is 2.52. The van der Waals surface area contributed by atoms with E-state index in [0.29, 0.717) is 5.75 Å². The molecule has 0 spiro atoms. The average molecular weight is 234 g/mol. The van der Waals surface area contributed by atoms with Crippen LogP contribution < -0.4 is 15.3 Å². The molecule has 2 aliphatic rings. The van der Waals surface area contributed by atoms with Crippen LogP contribution >= 0.6 is 0 Å². The normalized spacial score (nSPS) is 18.9. The number of carbonyl (C=O) groups is 1. The molecule has 0 atom stereocenters. The van der Waals surface area contributed by atoms with Crippen LogP contribution in [0.3, 0.4) is 0 Å². The van der Waals surface area contributed by atoms with Crippen molar-refractivity contribution in [2.75, 3.05) is 13.8 Å². The van der Waals surface area contributed by atoms with Crippen molar-refractivity contribution in [3.63, 3.8) is 0 Å². The first-order valence-electron chi connectivity index (χ1n) is 5.56. The number of hydrogen-bond donors (Lipinski definition) is 1. The first kappa shape index (κ1) is 10.4. The minimum absolute atomic E-state index is 0.0450. The van der Waals surface area contributed by atoms with Crippen molar-refractivity contribution in [1.29, 1.82) is 0 Å². The fourth-order valence-electron chi connectivity index (χ4n) is 2.28. The van der Waals surface area contributed by atoms with Gasteiger partial charge < -0.3 is 9.47 Å². The predicted molar refractivity (Wildman–Crippen MR) is 60.4 cm³/mol. The summed E-state index contributed by atoms with van der Waals surface area (Å²) in [7, 11) is 1.58. The summed E-state index contributed by atoms with van der Waals surface area (Å²) < 4.78 is 10.6. The molecule has 5 nitrogen and oxygen atoms in total. The Balaban J connectivity index is 1.97. The Kier molecular flexibility index (Phi) is 2.06. The Bertz CT molecular complexity index is 481. The Morgan fingerprint density at radius 2 is 2.06 bits per heavy atom. The molecule has 2 N–H and O–H groups in total. The molecule has 1 aliphatic heterocycles. The molecule has 1 aliphatic carbocycles. The van der Waals surface area contributed by atoms with Gasteiger partial charge in [-0.1, -0.05) is 6.07 Å². The maximum Gasteiger partial charge on any atom is 0.246 e. The second-order valence-corrected chi connectivity index (χ2v) is 4.57. The van der Waals surface area contributed by atoms with Gasteiger partial charge in [-0.2, -0.15) is 0 Å². The van der Waals surface area contributed by atoms with Crippen molar-refractivity contribution >= 4 is 5.91 Å². The van der Waals surface area contributed by atoms with Gasteiger partial charge in [-0.25, -0.2) is 5.84 Å². The number of hydrogen-bond acceptors (Lipinski definition) is 4. The molecule has 0 bridgehead atoms. The van der Waals surface area contributed by atoms with Crippen molar-refractivity contribution < 1.29 is 14.3 Å². The van der Waals surface area contributed by atoms with Gasteiger partial charge in [-0.05, 0) is 30.5 Å². The first-order chi connectivity index (χ1) is 8.13. The summed E-state index contributed by atoms with van der Waals surface area (Å²) in [5.74, 6) is 6.94. The van der Waals surface area contributed by atoms with E-state index in [4.69, 9.17) is 15.3 Å². The molecule has 0 aromatic heterocycles. The molecule has 1 saturated carbocycles. The van der Waals surface area contributed by atoms with Gasteiger partial charge in [-0.15, -0.1) is 0 Å². The van der Waals surface area contributed by atoms with Crippen molar-refractivity contribution in [2.24, 2.45) is 5.84 Å². The molecule has 0 unspecified atom stereocenters. The molecule has 5 heteroatoms. The maximum absolute atomic E-state index is 12.1. The first-order valence-corrected chi connectivity index (χ1v) is 5.56. The van der Waals surface area contributed by atoms with Crippen LogP contribution in [0.2, 0.25) is 0 Å². The summed E-state index contributed by atoms with van der Waals surface area (Å²) >= 11 is 0. The molecular weight excluding hydrogens is 220 g/mol. The zero-order valence-electron chi connectivity index (χ0n) is 9.60. The van der Waals surface area contributed by atoms with Crippen LogP contribution in [0.4, 0.5) is 0 Å². The van der Waals surface area contributed by atoms with E-state index in [1.165, 1.54) is 0 Å². The summed E-state index contributed by atoms with van der Waals surface area (Å²) in [4.78, 5) is 12.1. The van der Waals surface area contributed by atoms with E-state index < -0.39 is 5.41 Å². The second kappa shape index (κ2) is 3.37. The molecule has 0 radical (unpaired) electrons. The lowest BCUT2D eigenvalue weighted by molar-refractivity contribution is -0.132. The highest BCUT2D eigenvalue weighted by molar-refractivity contribution is 5.91. The van der Waals surface area contributed by atoms with Crippen LogP contribution in [0.25, 0.3) is 0 Å². The van der Waals surface area contributed by atoms with E-state index in [1.807, 2.05) is 18.2 Å². The van der Waals surface area contributed by atoms with Crippen LogP contribution in [0.15, 0.2) is 18.2 Å². The third-order valence-corrected chi connectivity index (χ3v) is 3.40. The minimum Gasteiger partial charge on any atom is -0.454 e. The molecule has 3 rings (SSSR count). The summed E-state index contributed by atoms with van der Waals surface area (Å²) in [5, 5.41) is 1.16. The third kappa shape index (κ3) is 1.46. The topological polar surface area (TPSA) is 64.8 Å². The summed E-state index contributed by atoms with van der Waals surface area (Å²) in [6.45, 7) is 0.247. The second-order valence-electron chi connectivity index (χ2n) is 4.57. The van der Waals surface area contributed by atoms with Crippen molar-refractivity contribution in [3.05, 3.63) is 23.8 Å². The minimum atomic E-state index is -0.440. The summed E-state index contributed by atoms with van der Waals surface area (Å²) in [5.41, 5.74) is 0.522. The number of carbonyl (C=O) groups excluding carboxylic acids is 1. The van der Waals surface area contributed by atoms with E-state index in [1.54, 1.807) is 7.05 Å². The van der Waals surface area contributed by atoms with Crippen molar-refractivity contribution in [1.82, 2.24) is 5.01 Å². The molecule has 1 heterocycles. The van der Waals surface area contributed by atoms with Crippen molar-refractivity contribution in [2.45, 2.75) is 18.3 Å². The SMILES string of the molecule is CN(N)C(=O)C1(c2ccc3c(c2)OCO3)CC1. The standard InChI is InChI=1S/C12H14N2O3/c1-14(13)11(15)12(4-5-12)8-2-3-9-10(6-8)17-7-16-9/h2-3,6H,4-5,7,13H2,1H3. The van der Waals surface area contributed by atoms with E-state index in [-0.39, 0.29) is 12.7 Å². The lowest BCUT2D eigenvalue weighted by Gasteiger charge is -2.19. The lowest BCUT2D eigenvalue weighted by atomic mass is 9.94. The fourth-order valence-corrected chi connectivity index (χ4v) is 2.28. The Morgan fingerprint density at radius 3 is 2.71 bits per heavy atom. The number of nitrogens with zero attached hydrogens (tertiary/aromatic N) is 1. The van der Waals surface area contributed by atoms with Gasteiger partial charge in [0.25, 0.3) is 0 Å². The van der Waals surface area contributed by atoms with E-state index in [2.05, 4.69) is 0 Å². The van der Waals surface area contributed by atoms with Gasteiger partial charge in [0, 0.05) is 7.05 Å². The molecule has 1 fully saturated rings. The number of likely N-dealkylation sites (N-methyl/N-ethyl adjacent to an activating group) is 1. The zero-order chi connectivity index (χ0) is 12.0. The van der Waals surface area contributed by atoms with Gasteiger partial charge in [0.15, 0.2) is 11.5 Å². The van der Waals surface area contributed by atoms with Crippen molar-refractivity contribution in [3.8, 4) is 11.5 Å². The molecule has 1 aromatic rings. The lowest BCUT2D eigenvalue weighted by Crippen LogP contribution is -2.41. The Morgan fingerprint density at radius 1 is 1.35 bits per heavy atom. The van der Waals surface area contributed by atoms with Crippen LogP contribution in [-0.2, 0) is 10.2 Å². The Hall–Kier alpha value is -1.75. The number of amides is 1. The highest BCUT2D eigenvalue weighted by Crippen LogP contribution is 2.51. The molecule has 90 valence electrons. The molecule has 1 amide bonds. The number of nitrogens with two attached hydrogens (primary N) is 1. The zero-order valence-corrected chi connectivity index (χ0v) is 9.60. The van der Waals surface area contributed by atoms with Gasteiger partial charge >= 0.3 is 0 Å². The predicted octanol–water partition coefficient (Wildman–Crippen LogP) is 0.779. The van der Waals surface area contributed by atoms with Gasteiger partial charge in [0.2, 0.25) is 12.7 Å². The third-order valence-electron chi connectivity index (χ3n) is 3.40. The number of rotatable bonds is 2. The quantitative estimate of drug-likeness (QED) is 0.466. The average Bonchev–Trinajstić information content (AvgIpc) is 2.99. The van der Waals surface area contributed by atoms with E-state index in [9.17, 15) is 4.79 Å². The largest absolute Gasteiger partial charge is 0.454 e. The smallest absolute Gasteiger partial charge is 0.246 e. The van der Waals surface area contributed by atoms with E-state index >= 15 is 0 Å². The number of ether oxygens (including phenoxy) is 2. The molecule has 0 saturated heterocycles. The fraction of sp³-hybridized carbons (Fsp3) is 0.417. The van der Waals surface area contributed by atoms with Gasteiger partial charge in [0.05, 0.1) is 5.41 Å². The van der Waals surface area contributed by atoms with Crippen LogP contribution in [-0.4, -0.2) is 24.8 Å². The summed E-state index contributed by atoms with van der Waals surface area (Å²) in [6, 6.07) is 5.65. The molecule has 1 aromatic carbocycles. The van der Waals surface area contributed by atoms with Crippen LogP contribution in [0.1, 0.15) is 18.4 Å². The number of benzene rings is 1. The van der Waals surface area contributed by atoms with Gasteiger partial charge in [-0.3, -0.25) is 9.80 Å². The molecular formula is C12H14N2O3.